The third-order valence-electron chi connectivity index (χ3n) is 3.15. The summed E-state index contributed by atoms with van der Waals surface area (Å²) in [5.41, 5.74) is 2.44. The lowest BCUT2D eigenvalue weighted by Gasteiger charge is -2.10. The number of allylic oxidation sites excluding steroid dienone is 1. The molecule has 140 valence electrons. The summed E-state index contributed by atoms with van der Waals surface area (Å²) in [7, 11) is 2.91. The fraction of sp³-hybridized carbons (Fsp3) is 0.389. The molecule has 8 nitrogen and oxygen atoms in total. The molecule has 1 rings (SSSR count). The van der Waals surface area contributed by atoms with Crippen LogP contribution in [0.4, 0.5) is 0 Å². The summed E-state index contributed by atoms with van der Waals surface area (Å²) < 4.78 is 0. The van der Waals surface area contributed by atoms with E-state index in [1.807, 2.05) is 26.0 Å². The summed E-state index contributed by atoms with van der Waals surface area (Å²) in [6, 6.07) is 7.30. The summed E-state index contributed by atoms with van der Waals surface area (Å²) in [6.07, 6.45) is 0. The Kier molecular flexibility index (Phi) is 8.69. The van der Waals surface area contributed by atoms with Crippen molar-refractivity contribution in [2.45, 2.75) is 33.4 Å². The van der Waals surface area contributed by atoms with Crippen molar-refractivity contribution in [2.75, 3.05) is 14.2 Å². The van der Waals surface area contributed by atoms with Crippen molar-refractivity contribution < 1.29 is 14.5 Å². The van der Waals surface area contributed by atoms with Gasteiger partial charge in [0, 0.05) is 18.2 Å². The van der Waals surface area contributed by atoms with E-state index in [2.05, 4.69) is 32.4 Å². The molecule has 1 aromatic carbocycles. The zero-order valence-electron chi connectivity index (χ0n) is 15.8. The monoisotopic (exact) mass is 359 g/mol. The molecule has 0 aliphatic heterocycles. The topological polar surface area (TPSA) is 97.0 Å². The molecule has 0 spiro atoms. The van der Waals surface area contributed by atoms with Crippen LogP contribution >= 0.6 is 0 Å². The average molecular weight is 359 g/mol. The highest BCUT2D eigenvalue weighted by molar-refractivity contribution is 6.45. The van der Waals surface area contributed by atoms with Crippen LogP contribution in [0.15, 0.2) is 57.1 Å². The van der Waals surface area contributed by atoms with E-state index in [-0.39, 0.29) is 24.3 Å². The van der Waals surface area contributed by atoms with Gasteiger partial charge in [0.25, 0.3) is 5.91 Å². The minimum Gasteiger partial charge on any atom is -0.398 e. The number of oxime groups is 2. The quantitative estimate of drug-likeness (QED) is 0.417. The number of hydrogen-bond acceptors (Lipinski definition) is 7. The van der Waals surface area contributed by atoms with Crippen LogP contribution in [0.25, 0.3) is 0 Å². The molecular weight excluding hydrogens is 334 g/mol. The van der Waals surface area contributed by atoms with Gasteiger partial charge in [0.2, 0.25) is 0 Å². The number of carbonyl (C=O) groups is 1. The van der Waals surface area contributed by atoms with Gasteiger partial charge in [-0.1, -0.05) is 41.2 Å². The second-order valence-corrected chi connectivity index (χ2v) is 5.56. The predicted molar refractivity (Wildman–Crippen MR) is 101 cm³/mol. The molecule has 0 bridgehead atoms. The van der Waals surface area contributed by atoms with E-state index >= 15 is 0 Å². The number of hydrogen-bond donors (Lipinski definition) is 1. The van der Waals surface area contributed by atoms with Gasteiger partial charge in [0.1, 0.15) is 25.1 Å². The minimum absolute atomic E-state index is 0.0792. The Labute approximate surface area is 153 Å². The molecule has 0 atom stereocenters. The van der Waals surface area contributed by atoms with Crippen LogP contribution < -0.4 is 5.32 Å². The van der Waals surface area contributed by atoms with Crippen LogP contribution in [-0.4, -0.2) is 37.5 Å². The molecule has 0 aliphatic carbocycles. The zero-order valence-corrected chi connectivity index (χ0v) is 15.8. The molecule has 0 aliphatic rings. The number of carbonyl (C=O) groups excluding carboxylic acids is 1. The van der Waals surface area contributed by atoms with Gasteiger partial charge in [0.15, 0.2) is 5.71 Å². The first-order valence-electron chi connectivity index (χ1n) is 8.08. The molecule has 0 fully saturated rings. The van der Waals surface area contributed by atoms with Crippen LogP contribution in [0.2, 0.25) is 0 Å². The van der Waals surface area contributed by atoms with Gasteiger partial charge < -0.3 is 15.0 Å². The van der Waals surface area contributed by atoms with E-state index in [0.29, 0.717) is 17.0 Å². The minimum atomic E-state index is -0.360. The highest BCUT2D eigenvalue weighted by atomic mass is 16.6. The summed E-state index contributed by atoms with van der Waals surface area (Å²) in [5.74, 6) is -0.360. The highest BCUT2D eigenvalue weighted by Gasteiger charge is 2.17. The number of likely N-dealkylation sites (N-methyl/N-ethyl adjacent to an activating group) is 1. The van der Waals surface area contributed by atoms with Crippen molar-refractivity contribution in [1.82, 2.24) is 5.32 Å². The fourth-order valence-electron chi connectivity index (χ4n) is 1.81. The average Bonchev–Trinajstić information content (AvgIpc) is 2.63. The Morgan fingerprint density at radius 3 is 2.58 bits per heavy atom. The van der Waals surface area contributed by atoms with Crippen LogP contribution in [0.1, 0.15) is 31.9 Å². The van der Waals surface area contributed by atoms with E-state index in [1.165, 1.54) is 14.2 Å². The fourth-order valence-corrected chi connectivity index (χ4v) is 1.81. The number of azo groups is 1. The molecule has 0 radical (unpaired) electrons. The van der Waals surface area contributed by atoms with Gasteiger partial charge in [-0.3, -0.25) is 4.79 Å². The van der Waals surface area contributed by atoms with E-state index in [9.17, 15) is 4.79 Å². The molecule has 0 heterocycles. The second-order valence-electron chi connectivity index (χ2n) is 5.56. The first kappa shape index (κ1) is 21.0. The second kappa shape index (κ2) is 10.8. The van der Waals surface area contributed by atoms with Crippen molar-refractivity contribution in [2.24, 2.45) is 20.5 Å². The number of nitrogens with zero attached hydrogens (tertiary/aromatic N) is 4. The zero-order chi connectivity index (χ0) is 19.5. The SMILES string of the molecule is C=C(N=NC(C)C)C(C)=NOCc1ccccc1C(=NOC)C(=O)NC. The maximum atomic E-state index is 12.0. The van der Waals surface area contributed by atoms with Gasteiger partial charge in [-0.2, -0.15) is 10.2 Å². The lowest BCUT2D eigenvalue weighted by Crippen LogP contribution is -2.29. The van der Waals surface area contributed by atoms with Crippen molar-refractivity contribution in [3.8, 4) is 0 Å². The molecule has 1 aromatic rings. The maximum Gasteiger partial charge on any atom is 0.273 e. The van der Waals surface area contributed by atoms with E-state index in [1.54, 1.807) is 19.1 Å². The third kappa shape index (κ3) is 6.46. The van der Waals surface area contributed by atoms with Crippen molar-refractivity contribution in [1.29, 1.82) is 0 Å². The Bertz CT molecular complexity index is 723. The number of rotatable bonds is 9. The van der Waals surface area contributed by atoms with Crippen LogP contribution in [0, 0.1) is 0 Å². The Hall–Kier alpha value is -3.03. The van der Waals surface area contributed by atoms with Gasteiger partial charge in [0.05, 0.1) is 6.04 Å². The molecule has 1 N–H and O–H groups in total. The highest BCUT2D eigenvalue weighted by Crippen LogP contribution is 2.13. The lowest BCUT2D eigenvalue weighted by atomic mass is 10.0. The summed E-state index contributed by atoms with van der Waals surface area (Å²) in [4.78, 5) is 22.2. The van der Waals surface area contributed by atoms with Crippen molar-refractivity contribution >= 4 is 17.3 Å². The molecule has 1 amide bonds. The smallest absolute Gasteiger partial charge is 0.273 e. The molecule has 8 heteroatoms. The number of benzene rings is 1. The molecule has 0 saturated heterocycles. The van der Waals surface area contributed by atoms with E-state index < -0.39 is 0 Å². The molecule has 0 saturated carbocycles. The van der Waals surface area contributed by atoms with E-state index in [4.69, 9.17) is 9.68 Å². The van der Waals surface area contributed by atoms with Crippen molar-refractivity contribution in [3.05, 3.63) is 47.7 Å². The number of amides is 1. The summed E-state index contributed by atoms with van der Waals surface area (Å²) in [6.45, 7) is 9.51. The van der Waals surface area contributed by atoms with E-state index in [0.717, 1.165) is 5.56 Å². The summed E-state index contributed by atoms with van der Waals surface area (Å²) in [5, 5.41) is 18.3. The third-order valence-corrected chi connectivity index (χ3v) is 3.15. The van der Waals surface area contributed by atoms with Gasteiger partial charge >= 0.3 is 0 Å². The first-order chi connectivity index (χ1) is 12.4. The Morgan fingerprint density at radius 1 is 1.27 bits per heavy atom. The Morgan fingerprint density at radius 2 is 1.96 bits per heavy atom. The molecule has 26 heavy (non-hydrogen) atoms. The van der Waals surface area contributed by atoms with Crippen molar-refractivity contribution in [3.63, 3.8) is 0 Å². The standard InChI is InChI=1S/C18H25N5O3/c1-12(2)20-21-13(3)14(4)22-26-11-15-9-7-8-10-16(15)17(23-25-6)18(24)19-5/h7-10,12H,3,11H2,1-2,4-6H3,(H,19,24). The van der Waals surface area contributed by atoms with Gasteiger partial charge in [-0.05, 0) is 20.8 Å². The maximum absolute atomic E-state index is 12.0. The summed E-state index contributed by atoms with van der Waals surface area (Å²) >= 11 is 0. The van der Waals surface area contributed by atoms with Gasteiger partial charge in [-0.15, -0.1) is 0 Å². The lowest BCUT2D eigenvalue weighted by molar-refractivity contribution is -0.114. The molecule has 0 unspecified atom stereocenters. The largest absolute Gasteiger partial charge is 0.398 e. The van der Waals surface area contributed by atoms with Crippen LogP contribution in [0.3, 0.4) is 0 Å². The predicted octanol–water partition coefficient (Wildman–Crippen LogP) is 3.05. The normalized spacial score (nSPS) is 12.4. The van der Waals surface area contributed by atoms with Crippen LogP contribution in [0.5, 0.6) is 0 Å². The number of nitrogens with one attached hydrogen (secondary N) is 1. The van der Waals surface area contributed by atoms with Crippen LogP contribution in [-0.2, 0) is 21.1 Å². The molecule has 0 aromatic heterocycles. The van der Waals surface area contributed by atoms with Gasteiger partial charge in [-0.25, -0.2) is 0 Å². The first-order valence-corrected chi connectivity index (χ1v) is 8.08. The molecular formula is C18H25N5O3. The Balaban J connectivity index is 2.92.